The van der Waals surface area contributed by atoms with Crippen LogP contribution < -0.4 is 10.6 Å². The Balaban J connectivity index is 1.92. The van der Waals surface area contributed by atoms with Gasteiger partial charge in [0.1, 0.15) is 12.2 Å². The molecule has 2 aromatic rings. The Kier molecular flexibility index (Phi) is 6.14. The van der Waals surface area contributed by atoms with E-state index in [0.717, 1.165) is 41.9 Å². The molecule has 1 heterocycles. The molecule has 0 radical (unpaired) electrons. The van der Waals surface area contributed by atoms with Crippen LogP contribution in [-0.4, -0.2) is 27.3 Å². The van der Waals surface area contributed by atoms with Crippen LogP contribution >= 0.6 is 0 Å². The highest BCUT2D eigenvalue weighted by Crippen LogP contribution is 2.22. The summed E-state index contributed by atoms with van der Waals surface area (Å²) in [6.07, 6.45) is 4.31. The molecule has 0 saturated heterocycles. The van der Waals surface area contributed by atoms with Gasteiger partial charge in [0.15, 0.2) is 0 Å². The lowest BCUT2D eigenvalue weighted by Crippen LogP contribution is -2.32. The van der Waals surface area contributed by atoms with Crippen molar-refractivity contribution in [2.45, 2.75) is 46.6 Å². The third-order valence-electron chi connectivity index (χ3n) is 3.89. The van der Waals surface area contributed by atoms with E-state index < -0.39 is 0 Å². The number of nitrogens with one attached hydrogen (secondary N) is 2. The van der Waals surface area contributed by atoms with E-state index in [2.05, 4.69) is 46.8 Å². The monoisotopic (exact) mass is 315 g/mol. The van der Waals surface area contributed by atoms with Crippen molar-refractivity contribution in [2.24, 2.45) is 0 Å². The molecule has 0 atom stereocenters. The van der Waals surface area contributed by atoms with E-state index in [1.54, 1.807) is 6.33 Å². The minimum Gasteiger partial charge on any atom is -0.336 e. The number of amides is 2. The van der Waals surface area contributed by atoms with Gasteiger partial charge in [-0.25, -0.2) is 4.79 Å². The number of carbonyl (C=O) groups excluding carboxylic acids is 1. The fourth-order valence-electron chi connectivity index (χ4n) is 2.59. The molecular formula is C17H25N5O. The third-order valence-corrected chi connectivity index (χ3v) is 3.89. The fourth-order valence-corrected chi connectivity index (χ4v) is 2.59. The lowest BCUT2D eigenvalue weighted by Gasteiger charge is -2.15. The van der Waals surface area contributed by atoms with Crippen molar-refractivity contribution in [3.63, 3.8) is 0 Å². The molecule has 0 aliphatic carbocycles. The molecule has 6 nitrogen and oxygen atoms in total. The summed E-state index contributed by atoms with van der Waals surface area (Å²) < 4.78 is 1.96. The Labute approximate surface area is 137 Å². The number of hydrogen-bond donors (Lipinski definition) is 2. The normalized spacial score (nSPS) is 10.6. The maximum Gasteiger partial charge on any atom is 0.319 e. The lowest BCUT2D eigenvalue weighted by molar-refractivity contribution is 0.251. The van der Waals surface area contributed by atoms with Gasteiger partial charge < -0.3 is 15.2 Å². The maximum absolute atomic E-state index is 12.2. The molecular weight excluding hydrogens is 290 g/mol. The molecule has 1 aromatic heterocycles. The van der Waals surface area contributed by atoms with Gasteiger partial charge in [-0.2, -0.15) is 0 Å². The van der Waals surface area contributed by atoms with Crippen molar-refractivity contribution in [2.75, 3.05) is 11.9 Å². The molecule has 124 valence electrons. The van der Waals surface area contributed by atoms with Crippen LogP contribution in [0, 0.1) is 0 Å². The van der Waals surface area contributed by atoms with Crippen LogP contribution in [0.15, 0.2) is 24.5 Å². The number of hydrogen-bond acceptors (Lipinski definition) is 3. The van der Waals surface area contributed by atoms with Crippen molar-refractivity contribution in [1.29, 1.82) is 0 Å². The molecule has 6 heteroatoms. The summed E-state index contributed by atoms with van der Waals surface area (Å²) in [5, 5.41) is 13.8. The first-order valence-electron chi connectivity index (χ1n) is 8.21. The van der Waals surface area contributed by atoms with Crippen molar-refractivity contribution in [1.82, 2.24) is 20.1 Å². The first-order valence-corrected chi connectivity index (χ1v) is 8.21. The molecule has 0 unspecified atom stereocenters. The van der Waals surface area contributed by atoms with E-state index in [9.17, 15) is 4.79 Å². The molecule has 0 saturated carbocycles. The summed E-state index contributed by atoms with van der Waals surface area (Å²) in [4.78, 5) is 12.2. The SMILES string of the molecule is CCc1cccc(CC)c1NC(=O)NCCn1cnnc1CC. The van der Waals surface area contributed by atoms with Gasteiger partial charge in [-0.3, -0.25) is 0 Å². The second-order valence-corrected chi connectivity index (χ2v) is 5.33. The number of carbonyl (C=O) groups is 1. The van der Waals surface area contributed by atoms with Crippen LogP contribution in [0.4, 0.5) is 10.5 Å². The molecule has 2 rings (SSSR count). The third kappa shape index (κ3) is 4.31. The summed E-state index contributed by atoms with van der Waals surface area (Å²) in [6.45, 7) is 7.42. The largest absolute Gasteiger partial charge is 0.336 e. The number of benzene rings is 1. The fraction of sp³-hybridized carbons (Fsp3) is 0.471. The summed E-state index contributed by atoms with van der Waals surface area (Å²) in [5.41, 5.74) is 3.26. The smallest absolute Gasteiger partial charge is 0.319 e. The number of aromatic nitrogens is 3. The lowest BCUT2D eigenvalue weighted by atomic mass is 10.0. The first kappa shape index (κ1) is 17.0. The minimum atomic E-state index is -0.174. The minimum absolute atomic E-state index is 0.174. The molecule has 0 fully saturated rings. The van der Waals surface area contributed by atoms with E-state index in [-0.39, 0.29) is 6.03 Å². The average Bonchev–Trinajstić information content (AvgIpc) is 3.02. The molecule has 1 aromatic carbocycles. The average molecular weight is 315 g/mol. The van der Waals surface area contributed by atoms with Crippen molar-refractivity contribution in [3.05, 3.63) is 41.5 Å². The van der Waals surface area contributed by atoms with Gasteiger partial charge in [-0.05, 0) is 24.0 Å². The predicted molar refractivity (Wildman–Crippen MR) is 91.6 cm³/mol. The van der Waals surface area contributed by atoms with E-state index in [0.29, 0.717) is 13.1 Å². The van der Waals surface area contributed by atoms with Crippen LogP contribution in [0.3, 0.4) is 0 Å². The standard InChI is InChI=1S/C17H25N5O/c1-4-13-8-7-9-14(5-2)16(13)20-17(23)18-10-11-22-12-19-21-15(22)6-3/h7-9,12H,4-6,10-11H2,1-3H3,(H2,18,20,23). The van der Waals surface area contributed by atoms with E-state index in [4.69, 9.17) is 0 Å². The Morgan fingerprint density at radius 1 is 1.13 bits per heavy atom. The Hall–Kier alpha value is -2.37. The molecule has 2 amide bonds. The Morgan fingerprint density at radius 2 is 1.83 bits per heavy atom. The summed E-state index contributed by atoms with van der Waals surface area (Å²) in [5.74, 6) is 0.928. The molecule has 0 bridgehead atoms. The second kappa shape index (κ2) is 8.31. The Morgan fingerprint density at radius 3 is 2.43 bits per heavy atom. The number of anilines is 1. The highest BCUT2D eigenvalue weighted by molar-refractivity contribution is 5.91. The van der Waals surface area contributed by atoms with Gasteiger partial charge in [0.25, 0.3) is 0 Å². The zero-order valence-corrected chi connectivity index (χ0v) is 14.1. The van der Waals surface area contributed by atoms with E-state index in [1.165, 1.54) is 0 Å². The summed E-state index contributed by atoms with van der Waals surface area (Å²) >= 11 is 0. The molecule has 0 aliphatic heterocycles. The van der Waals surface area contributed by atoms with Gasteiger partial charge in [-0.15, -0.1) is 10.2 Å². The van der Waals surface area contributed by atoms with E-state index in [1.807, 2.05) is 17.6 Å². The quantitative estimate of drug-likeness (QED) is 0.825. The first-order chi connectivity index (χ1) is 11.2. The highest BCUT2D eigenvalue weighted by Gasteiger charge is 2.09. The Bertz CT molecular complexity index is 628. The molecule has 2 N–H and O–H groups in total. The van der Waals surface area contributed by atoms with Crippen LogP contribution in [0.5, 0.6) is 0 Å². The molecule has 0 aliphatic rings. The van der Waals surface area contributed by atoms with Gasteiger partial charge in [0.05, 0.1) is 0 Å². The van der Waals surface area contributed by atoms with E-state index >= 15 is 0 Å². The number of para-hydroxylation sites is 1. The highest BCUT2D eigenvalue weighted by atomic mass is 16.2. The molecule has 23 heavy (non-hydrogen) atoms. The number of rotatable bonds is 7. The van der Waals surface area contributed by atoms with Gasteiger partial charge >= 0.3 is 6.03 Å². The van der Waals surface area contributed by atoms with Crippen molar-refractivity contribution in [3.8, 4) is 0 Å². The number of nitrogens with zero attached hydrogens (tertiary/aromatic N) is 3. The van der Waals surface area contributed by atoms with Crippen LogP contribution in [-0.2, 0) is 25.8 Å². The zero-order chi connectivity index (χ0) is 16.7. The maximum atomic E-state index is 12.2. The van der Waals surface area contributed by atoms with Gasteiger partial charge in [0.2, 0.25) is 0 Å². The van der Waals surface area contributed by atoms with Gasteiger partial charge in [-0.1, -0.05) is 39.0 Å². The topological polar surface area (TPSA) is 71.8 Å². The predicted octanol–water partition coefficient (Wildman–Crippen LogP) is 2.79. The van der Waals surface area contributed by atoms with Crippen molar-refractivity contribution >= 4 is 11.7 Å². The van der Waals surface area contributed by atoms with Crippen molar-refractivity contribution < 1.29 is 4.79 Å². The number of aryl methyl sites for hydroxylation is 3. The number of urea groups is 1. The van der Waals surface area contributed by atoms with Gasteiger partial charge in [0, 0.05) is 25.2 Å². The van der Waals surface area contributed by atoms with Crippen LogP contribution in [0.1, 0.15) is 37.7 Å². The summed E-state index contributed by atoms with van der Waals surface area (Å²) in [7, 11) is 0. The zero-order valence-electron chi connectivity index (χ0n) is 14.1. The van der Waals surface area contributed by atoms with Crippen LogP contribution in [0.2, 0.25) is 0 Å². The van der Waals surface area contributed by atoms with Crippen LogP contribution in [0.25, 0.3) is 0 Å². The second-order valence-electron chi connectivity index (χ2n) is 5.33. The molecule has 0 spiro atoms. The summed E-state index contributed by atoms with van der Waals surface area (Å²) in [6, 6.07) is 5.98.